The van der Waals surface area contributed by atoms with E-state index in [9.17, 15) is 14.4 Å². The first-order chi connectivity index (χ1) is 12.0. The number of carbonyl (C=O) groups excluding carboxylic acids is 3. The van der Waals surface area contributed by atoms with Crippen LogP contribution in [0.1, 0.15) is 24.5 Å². The minimum absolute atomic E-state index is 0.0547. The molecule has 3 amide bonds. The summed E-state index contributed by atoms with van der Waals surface area (Å²) in [6.45, 7) is 1.55. The third-order valence-corrected chi connectivity index (χ3v) is 4.44. The van der Waals surface area contributed by atoms with Crippen LogP contribution in [0, 0.1) is 0 Å². The first kappa shape index (κ1) is 16.9. The molecule has 0 saturated carbocycles. The molecule has 1 saturated heterocycles. The van der Waals surface area contributed by atoms with Crippen molar-refractivity contribution in [2.45, 2.75) is 25.3 Å². The van der Waals surface area contributed by atoms with Crippen molar-refractivity contribution < 1.29 is 14.4 Å². The Morgan fingerprint density at radius 1 is 1.00 bits per heavy atom. The SMILES string of the molecule is CC(=O)CCN1C(=O)N[C@](Cc2ccccc2)(c2ccccc2)C1=O. The number of ketones is 1. The predicted octanol–water partition coefficient (Wildman–Crippen LogP) is 2.66. The molecule has 1 heterocycles. The van der Waals surface area contributed by atoms with Gasteiger partial charge >= 0.3 is 6.03 Å². The molecule has 128 valence electrons. The molecule has 0 aromatic heterocycles. The maximum absolute atomic E-state index is 13.2. The number of hydrogen-bond donors (Lipinski definition) is 1. The minimum Gasteiger partial charge on any atom is -0.319 e. The van der Waals surface area contributed by atoms with Gasteiger partial charge in [0.2, 0.25) is 0 Å². The number of amides is 3. The third-order valence-electron chi connectivity index (χ3n) is 4.44. The van der Waals surface area contributed by atoms with E-state index in [-0.39, 0.29) is 24.7 Å². The van der Waals surface area contributed by atoms with Gasteiger partial charge in [-0.15, -0.1) is 0 Å². The Morgan fingerprint density at radius 2 is 1.60 bits per heavy atom. The number of rotatable bonds is 6. The Hall–Kier alpha value is -2.95. The van der Waals surface area contributed by atoms with Crippen molar-refractivity contribution in [2.24, 2.45) is 0 Å². The maximum Gasteiger partial charge on any atom is 0.325 e. The van der Waals surface area contributed by atoms with Crippen molar-refractivity contribution in [1.29, 1.82) is 0 Å². The fourth-order valence-electron chi connectivity index (χ4n) is 3.14. The van der Waals surface area contributed by atoms with Crippen molar-refractivity contribution >= 4 is 17.7 Å². The van der Waals surface area contributed by atoms with Gasteiger partial charge in [-0.3, -0.25) is 14.5 Å². The summed E-state index contributed by atoms with van der Waals surface area (Å²) in [6.07, 6.45) is 0.522. The summed E-state index contributed by atoms with van der Waals surface area (Å²) in [5, 5.41) is 2.88. The lowest BCUT2D eigenvalue weighted by molar-refractivity contribution is -0.131. The van der Waals surface area contributed by atoms with E-state index in [1.54, 1.807) is 0 Å². The summed E-state index contributed by atoms with van der Waals surface area (Å²) in [7, 11) is 0. The first-order valence-corrected chi connectivity index (χ1v) is 8.26. The average Bonchev–Trinajstić information content (AvgIpc) is 2.85. The van der Waals surface area contributed by atoms with Crippen molar-refractivity contribution in [3.63, 3.8) is 0 Å². The molecule has 2 aromatic carbocycles. The maximum atomic E-state index is 13.2. The Kier molecular flexibility index (Phi) is 4.65. The van der Waals surface area contributed by atoms with Crippen molar-refractivity contribution in [2.75, 3.05) is 6.54 Å². The molecule has 0 aliphatic carbocycles. The topological polar surface area (TPSA) is 66.5 Å². The fraction of sp³-hybridized carbons (Fsp3) is 0.250. The van der Waals surface area contributed by atoms with Gasteiger partial charge in [0, 0.05) is 19.4 Å². The molecule has 1 aliphatic rings. The van der Waals surface area contributed by atoms with E-state index < -0.39 is 11.6 Å². The van der Waals surface area contributed by atoms with E-state index in [0.29, 0.717) is 6.42 Å². The summed E-state index contributed by atoms with van der Waals surface area (Å²) in [5.74, 6) is -0.366. The van der Waals surface area contributed by atoms with E-state index in [1.807, 2.05) is 60.7 Å². The molecule has 0 spiro atoms. The lowest BCUT2D eigenvalue weighted by atomic mass is 9.83. The molecule has 1 fully saturated rings. The van der Waals surface area contributed by atoms with Crippen LogP contribution in [0.2, 0.25) is 0 Å². The van der Waals surface area contributed by atoms with Crippen LogP contribution < -0.4 is 5.32 Å². The second-order valence-corrected chi connectivity index (χ2v) is 6.27. The largest absolute Gasteiger partial charge is 0.325 e. The quantitative estimate of drug-likeness (QED) is 0.825. The number of hydrogen-bond acceptors (Lipinski definition) is 3. The molecule has 1 N–H and O–H groups in total. The average molecular weight is 336 g/mol. The number of imide groups is 1. The van der Waals surface area contributed by atoms with Crippen LogP contribution in [0.5, 0.6) is 0 Å². The Balaban J connectivity index is 1.99. The van der Waals surface area contributed by atoms with Gasteiger partial charge in [-0.2, -0.15) is 0 Å². The summed E-state index contributed by atoms with van der Waals surface area (Å²) in [6, 6.07) is 18.4. The Bertz CT molecular complexity index is 789. The van der Waals surface area contributed by atoms with Gasteiger partial charge in [-0.25, -0.2) is 4.79 Å². The molecule has 0 unspecified atom stereocenters. The Labute approximate surface area is 146 Å². The molecule has 3 rings (SSSR count). The van der Waals surface area contributed by atoms with Crippen molar-refractivity contribution in [1.82, 2.24) is 10.2 Å². The van der Waals surface area contributed by atoms with E-state index in [2.05, 4.69) is 5.32 Å². The van der Waals surface area contributed by atoms with Crippen molar-refractivity contribution in [3.8, 4) is 0 Å². The summed E-state index contributed by atoms with van der Waals surface area (Å²) < 4.78 is 0. The molecule has 25 heavy (non-hydrogen) atoms. The number of urea groups is 1. The van der Waals surface area contributed by atoms with Gasteiger partial charge < -0.3 is 5.32 Å². The lowest BCUT2D eigenvalue weighted by Gasteiger charge is -2.27. The van der Waals surface area contributed by atoms with Crippen LogP contribution in [-0.2, 0) is 21.5 Å². The van der Waals surface area contributed by atoms with E-state index in [4.69, 9.17) is 0 Å². The van der Waals surface area contributed by atoms with Crippen LogP contribution in [0.4, 0.5) is 4.79 Å². The van der Waals surface area contributed by atoms with Gasteiger partial charge in [-0.05, 0) is 18.1 Å². The number of carbonyl (C=O) groups is 3. The van der Waals surface area contributed by atoms with E-state index in [1.165, 1.54) is 6.92 Å². The summed E-state index contributed by atoms with van der Waals surface area (Å²) >= 11 is 0. The second-order valence-electron chi connectivity index (χ2n) is 6.27. The van der Waals surface area contributed by atoms with Crippen LogP contribution in [-0.4, -0.2) is 29.2 Å². The number of benzene rings is 2. The molecule has 2 aromatic rings. The van der Waals surface area contributed by atoms with Crippen LogP contribution >= 0.6 is 0 Å². The zero-order chi connectivity index (χ0) is 17.9. The molecule has 0 radical (unpaired) electrons. The lowest BCUT2D eigenvalue weighted by Crippen LogP contribution is -2.46. The van der Waals surface area contributed by atoms with Crippen LogP contribution in [0.25, 0.3) is 0 Å². The number of nitrogens with zero attached hydrogens (tertiary/aromatic N) is 1. The summed E-state index contributed by atoms with van der Waals surface area (Å²) in [5.41, 5.74) is 0.548. The predicted molar refractivity (Wildman–Crippen MR) is 93.8 cm³/mol. The molecule has 1 atom stereocenters. The number of Topliss-reactive ketones (excluding diaryl/α,β-unsaturated/α-hetero) is 1. The highest BCUT2D eigenvalue weighted by Crippen LogP contribution is 2.33. The van der Waals surface area contributed by atoms with Gasteiger partial charge in [-0.1, -0.05) is 60.7 Å². The van der Waals surface area contributed by atoms with Crippen LogP contribution in [0.3, 0.4) is 0 Å². The monoisotopic (exact) mass is 336 g/mol. The Morgan fingerprint density at radius 3 is 2.20 bits per heavy atom. The summed E-state index contributed by atoms with van der Waals surface area (Å²) in [4.78, 5) is 38.1. The molecule has 5 heteroatoms. The zero-order valence-electron chi connectivity index (χ0n) is 14.1. The van der Waals surface area contributed by atoms with E-state index in [0.717, 1.165) is 16.0 Å². The van der Waals surface area contributed by atoms with Gasteiger partial charge in [0.05, 0.1) is 0 Å². The smallest absolute Gasteiger partial charge is 0.319 e. The van der Waals surface area contributed by atoms with Gasteiger partial charge in [0.15, 0.2) is 5.54 Å². The highest BCUT2D eigenvalue weighted by atomic mass is 16.2. The molecule has 0 bridgehead atoms. The molecular formula is C20H20N2O3. The van der Waals surface area contributed by atoms with Crippen LogP contribution in [0.15, 0.2) is 60.7 Å². The molecular weight excluding hydrogens is 316 g/mol. The van der Waals surface area contributed by atoms with Crippen molar-refractivity contribution in [3.05, 3.63) is 71.8 Å². The fourth-order valence-corrected chi connectivity index (χ4v) is 3.14. The highest BCUT2D eigenvalue weighted by molar-refractivity contribution is 6.07. The zero-order valence-corrected chi connectivity index (χ0v) is 14.1. The molecule has 1 aliphatic heterocycles. The highest BCUT2D eigenvalue weighted by Gasteiger charge is 2.52. The number of nitrogens with one attached hydrogen (secondary N) is 1. The normalized spacial score (nSPS) is 19.8. The van der Waals surface area contributed by atoms with E-state index >= 15 is 0 Å². The second kappa shape index (κ2) is 6.89. The van der Waals surface area contributed by atoms with Gasteiger partial charge in [0.1, 0.15) is 5.78 Å². The molecule has 5 nitrogen and oxygen atoms in total. The standard InChI is InChI=1S/C20H20N2O3/c1-15(23)12-13-22-18(24)20(21-19(22)25,17-10-6-3-7-11-17)14-16-8-4-2-5-9-16/h2-11H,12-14H2,1H3,(H,21,25)/t20-/m1/s1. The van der Waals surface area contributed by atoms with Gasteiger partial charge in [0.25, 0.3) is 5.91 Å². The first-order valence-electron chi connectivity index (χ1n) is 8.26. The minimum atomic E-state index is -1.14. The third kappa shape index (κ3) is 3.31.